The summed E-state index contributed by atoms with van der Waals surface area (Å²) in [5.41, 5.74) is 0. The molecule has 2 aromatic rings. The van der Waals surface area contributed by atoms with E-state index in [4.69, 9.17) is 16.7 Å². The largest absolute Gasteiger partial charge is 0.391 e. The summed E-state index contributed by atoms with van der Waals surface area (Å²) in [7, 11) is -3.48. The number of sulfonamides is 1. The summed E-state index contributed by atoms with van der Waals surface area (Å²) in [5.74, 6) is 0. The third-order valence-electron chi connectivity index (χ3n) is 2.35. The van der Waals surface area contributed by atoms with Crippen molar-refractivity contribution in [3.63, 3.8) is 0 Å². The van der Waals surface area contributed by atoms with Crippen molar-refractivity contribution >= 4 is 44.3 Å². The van der Waals surface area contributed by atoms with Crippen LogP contribution < -0.4 is 4.72 Å². The molecule has 0 aliphatic rings. The van der Waals surface area contributed by atoms with Gasteiger partial charge in [-0.15, -0.1) is 22.7 Å². The molecule has 2 rings (SSSR count). The molecule has 0 aliphatic carbocycles. The van der Waals surface area contributed by atoms with Gasteiger partial charge in [-0.1, -0.05) is 11.6 Å². The van der Waals surface area contributed by atoms with Gasteiger partial charge in [0.15, 0.2) is 0 Å². The van der Waals surface area contributed by atoms with Crippen molar-refractivity contribution in [1.29, 1.82) is 0 Å². The fourth-order valence-electron chi connectivity index (χ4n) is 1.45. The Morgan fingerprint density at radius 2 is 1.89 bits per heavy atom. The second-order valence-electron chi connectivity index (χ2n) is 3.73. The van der Waals surface area contributed by atoms with E-state index in [-0.39, 0.29) is 10.8 Å². The average molecular weight is 338 g/mol. The highest BCUT2D eigenvalue weighted by molar-refractivity contribution is 7.91. The van der Waals surface area contributed by atoms with E-state index in [9.17, 15) is 8.42 Å². The van der Waals surface area contributed by atoms with Gasteiger partial charge >= 0.3 is 0 Å². The number of nitrogens with one attached hydrogen (secondary N) is 1. The van der Waals surface area contributed by atoms with Crippen molar-refractivity contribution in [1.82, 2.24) is 4.72 Å². The molecule has 8 heteroatoms. The molecule has 0 radical (unpaired) electrons. The first-order valence-electron chi connectivity index (χ1n) is 5.45. The minimum Gasteiger partial charge on any atom is -0.391 e. The zero-order chi connectivity index (χ0) is 13.9. The molecule has 0 aliphatic heterocycles. The minimum atomic E-state index is -3.48. The highest BCUT2D eigenvalue weighted by atomic mass is 35.5. The predicted molar refractivity (Wildman–Crippen MR) is 78.5 cm³/mol. The summed E-state index contributed by atoms with van der Waals surface area (Å²) in [6.07, 6.45) is 0.606. The highest BCUT2D eigenvalue weighted by Crippen LogP contribution is 2.23. The topological polar surface area (TPSA) is 66.4 Å². The molecule has 104 valence electrons. The Morgan fingerprint density at radius 3 is 2.47 bits per heavy atom. The van der Waals surface area contributed by atoms with Gasteiger partial charge in [-0.2, -0.15) is 0 Å². The summed E-state index contributed by atoms with van der Waals surface area (Å²) in [6.45, 7) is 0.180. The van der Waals surface area contributed by atoms with Crippen LogP contribution in [0.15, 0.2) is 28.5 Å². The van der Waals surface area contributed by atoms with Crippen LogP contribution in [0.3, 0.4) is 0 Å². The molecular weight excluding hydrogens is 326 g/mol. The standard InChI is InChI=1S/C11H12ClNO3S3/c12-10-3-1-8(17-10)5-6-13-19(15,16)11-4-2-9(7-14)18-11/h1-4,13-14H,5-7H2. The van der Waals surface area contributed by atoms with E-state index in [1.165, 1.54) is 17.4 Å². The summed E-state index contributed by atoms with van der Waals surface area (Å²) >= 11 is 8.31. The van der Waals surface area contributed by atoms with Crippen LogP contribution in [-0.4, -0.2) is 20.1 Å². The van der Waals surface area contributed by atoms with Crippen LogP contribution in [0.25, 0.3) is 0 Å². The van der Waals surface area contributed by atoms with Crippen LogP contribution in [0.5, 0.6) is 0 Å². The maximum atomic E-state index is 12.0. The summed E-state index contributed by atoms with van der Waals surface area (Å²) in [6, 6.07) is 6.79. The molecule has 2 aromatic heterocycles. The smallest absolute Gasteiger partial charge is 0.250 e. The molecule has 0 unspecified atom stereocenters. The van der Waals surface area contributed by atoms with Gasteiger partial charge in [-0.3, -0.25) is 0 Å². The Kier molecular flexibility index (Phi) is 4.99. The molecule has 0 bridgehead atoms. The molecule has 0 saturated heterocycles. The number of rotatable bonds is 6. The predicted octanol–water partition coefficient (Wildman–Crippen LogP) is 2.48. The van der Waals surface area contributed by atoms with E-state index in [1.807, 2.05) is 6.07 Å². The number of hydrogen-bond acceptors (Lipinski definition) is 5. The van der Waals surface area contributed by atoms with Gasteiger partial charge in [0.25, 0.3) is 0 Å². The first-order valence-corrected chi connectivity index (χ1v) is 8.94. The van der Waals surface area contributed by atoms with Gasteiger partial charge in [-0.05, 0) is 30.7 Å². The molecule has 0 atom stereocenters. The minimum absolute atomic E-state index is 0.145. The van der Waals surface area contributed by atoms with Crippen molar-refractivity contribution in [2.75, 3.05) is 6.54 Å². The van der Waals surface area contributed by atoms with Crippen molar-refractivity contribution in [3.05, 3.63) is 38.4 Å². The fourth-order valence-corrected chi connectivity index (χ4v) is 4.83. The molecule has 0 amide bonds. The Labute approximate surface area is 124 Å². The summed E-state index contributed by atoms with van der Waals surface area (Å²) in [5, 5.41) is 8.93. The maximum absolute atomic E-state index is 12.0. The van der Waals surface area contributed by atoms with Gasteiger partial charge in [0, 0.05) is 16.3 Å². The summed E-state index contributed by atoms with van der Waals surface area (Å²) < 4.78 is 27.4. The first-order chi connectivity index (χ1) is 9.01. The van der Waals surface area contributed by atoms with Crippen LogP contribution in [0.1, 0.15) is 9.75 Å². The number of halogens is 1. The number of thiophene rings is 2. The molecule has 19 heavy (non-hydrogen) atoms. The van der Waals surface area contributed by atoms with E-state index in [0.29, 0.717) is 22.2 Å². The van der Waals surface area contributed by atoms with Crippen LogP contribution in [-0.2, 0) is 23.1 Å². The molecule has 0 spiro atoms. The number of aliphatic hydroxyl groups is 1. The Bertz CT molecular complexity index is 648. The van der Waals surface area contributed by atoms with E-state index < -0.39 is 10.0 Å². The Balaban J connectivity index is 1.94. The second-order valence-corrected chi connectivity index (χ2v) is 8.69. The molecular formula is C11H12ClNO3S3. The first kappa shape index (κ1) is 15.0. The normalized spacial score (nSPS) is 11.9. The molecule has 2 N–H and O–H groups in total. The van der Waals surface area contributed by atoms with Gasteiger partial charge in [-0.25, -0.2) is 13.1 Å². The third kappa shape index (κ3) is 4.01. The lowest BCUT2D eigenvalue weighted by molar-refractivity contribution is 0.285. The van der Waals surface area contributed by atoms with Crippen LogP contribution in [0.2, 0.25) is 4.34 Å². The lowest BCUT2D eigenvalue weighted by atomic mass is 10.3. The molecule has 4 nitrogen and oxygen atoms in total. The van der Waals surface area contributed by atoms with Crippen LogP contribution in [0, 0.1) is 0 Å². The van der Waals surface area contributed by atoms with Crippen molar-refractivity contribution in [3.8, 4) is 0 Å². The lowest BCUT2D eigenvalue weighted by Gasteiger charge is -2.03. The van der Waals surface area contributed by atoms with Crippen molar-refractivity contribution in [2.45, 2.75) is 17.2 Å². The zero-order valence-electron chi connectivity index (χ0n) is 9.80. The third-order valence-corrected chi connectivity index (χ3v) is 6.66. The van der Waals surface area contributed by atoms with E-state index in [2.05, 4.69) is 4.72 Å². The monoisotopic (exact) mass is 337 g/mol. The van der Waals surface area contributed by atoms with E-state index in [1.54, 1.807) is 12.1 Å². The van der Waals surface area contributed by atoms with E-state index >= 15 is 0 Å². The Morgan fingerprint density at radius 1 is 1.16 bits per heavy atom. The zero-order valence-corrected chi connectivity index (χ0v) is 13.0. The van der Waals surface area contributed by atoms with Gasteiger partial charge in [0.2, 0.25) is 10.0 Å². The van der Waals surface area contributed by atoms with Crippen LogP contribution >= 0.6 is 34.3 Å². The van der Waals surface area contributed by atoms with E-state index in [0.717, 1.165) is 16.2 Å². The number of hydrogen-bond donors (Lipinski definition) is 2. The van der Waals surface area contributed by atoms with Gasteiger partial charge < -0.3 is 5.11 Å². The molecule has 0 aromatic carbocycles. The molecule has 2 heterocycles. The second kappa shape index (κ2) is 6.34. The molecule has 0 saturated carbocycles. The SMILES string of the molecule is O=S(=O)(NCCc1ccc(Cl)s1)c1ccc(CO)s1. The number of aliphatic hydroxyl groups excluding tert-OH is 1. The average Bonchev–Trinajstić information content (AvgIpc) is 2.98. The molecule has 0 fully saturated rings. The Hall–Kier alpha value is -0.440. The van der Waals surface area contributed by atoms with Crippen molar-refractivity contribution in [2.24, 2.45) is 0 Å². The quantitative estimate of drug-likeness (QED) is 0.851. The highest BCUT2D eigenvalue weighted by Gasteiger charge is 2.16. The lowest BCUT2D eigenvalue weighted by Crippen LogP contribution is -2.25. The van der Waals surface area contributed by atoms with Crippen molar-refractivity contribution < 1.29 is 13.5 Å². The van der Waals surface area contributed by atoms with Crippen LogP contribution in [0.4, 0.5) is 0 Å². The fraction of sp³-hybridized carbons (Fsp3) is 0.273. The summed E-state index contributed by atoms with van der Waals surface area (Å²) in [4.78, 5) is 1.67. The van der Waals surface area contributed by atoms with Gasteiger partial charge in [0.1, 0.15) is 4.21 Å². The van der Waals surface area contributed by atoms with Gasteiger partial charge in [0.05, 0.1) is 10.9 Å². The maximum Gasteiger partial charge on any atom is 0.250 e.